The summed E-state index contributed by atoms with van der Waals surface area (Å²) < 4.78 is 0. The number of Topliss-reactive ketones (excluding diaryl/α,β-unsaturated/α-hetero) is 1. The Balaban J connectivity index is 2.65. The lowest BCUT2D eigenvalue weighted by molar-refractivity contribution is -0.116. The molecule has 0 fully saturated rings. The van der Waals surface area contributed by atoms with Crippen molar-refractivity contribution in [3.8, 4) is 0 Å². The number of amides is 1. The predicted octanol–water partition coefficient (Wildman–Crippen LogP) is 1.96. The monoisotopic (exact) mass is 234 g/mol. The average molecular weight is 234 g/mol. The number of benzene rings is 1. The predicted molar refractivity (Wildman–Crippen MR) is 68.0 cm³/mol. The third kappa shape index (κ3) is 4.36. The van der Waals surface area contributed by atoms with Gasteiger partial charge in [-0.1, -0.05) is 19.1 Å². The second-order valence-electron chi connectivity index (χ2n) is 4.06. The number of anilines is 1. The molecule has 0 aliphatic carbocycles. The maximum Gasteiger partial charge on any atom is 0.225 e. The minimum absolute atomic E-state index is 0.0219. The molecule has 0 bridgehead atoms. The Labute approximate surface area is 101 Å². The SMILES string of the molecule is CCC(N)CC(=O)Nc1cccc(C(C)=O)c1. The number of hydrogen-bond acceptors (Lipinski definition) is 3. The first kappa shape index (κ1) is 13.4. The van der Waals surface area contributed by atoms with Crippen LogP contribution in [0.15, 0.2) is 24.3 Å². The van der Waals surface area contributed by atoms with Crippen LogP contribution in [0.25, 0.3) is 0 Å². The first-order valence-electron chi connectivity index (χ1n) is 5.69. The van der Waals surface area contributed by atoms with Crippen LogP contribution in [0.1, 0.15) is 37.0 Å². The zero-order chi connectivity index (χ0) is 12.8. The molecule has 3 N–H and O–H groups in total. The van der Waals surface area contributed by atoms with Gasteiger partial charge in [-0.2, -0.15) is 0 Å². The second-order valence-corrected chi connectivity index (χ2v) is 4.06. The summed E-state index contributed by atoms with van der Waals surface area (Å²) in [6.07, 6.45) is 1.06. The molecule has 17 heavy (non-hydrogen) atoms. The molecule has 1 unspecified atom stereocenters. The van der Waals surface area contributed by atoms with Gasteiger partial charge in [-0.3, -0.25) is 9.59 Å². The zero-order valence-corrected chi connectivity index (χ0v) is 10.2. The second kappa shape index (κ2) is 6.15. The van der Waals surface area contributed by atoms with Crippen LogP contribution >= 0.6 is 0 Å². The third-order valence-electron chi connectivity index (χ3n) is 2.52. The summed E-state index contributed by atoms with van der Waals surface area (Å²) in [5.41, 5.74) is 6.91. The van der Waals surface area contributed by atoms with Crippen molar-refractivity contribution in [1.29, 1.82) is 0 Å². The van der Waals surface area contributed by atoms with Gasteiger partial charge in [0.25, 0.3) is 0 Å². The molecule has 0 saturated heterocycles. The van der Waals surface area contributed by atoms with Crippen LogP contribution in [-0.4, -0.2) is 17.7 Å². The van der Waals surface area contributed by atoms with E-state index in [1.807, 2.05) is 6.92 Å². The quantitative estimate of drug-likeness (QED) is 0.765. The summed E-state index contributed by atoms with van der Waals surface area (Å²) in [5.74, 6) is -0.147. The van der Waals surface area contributed by atoms with E-state index >= 15 is 0 Å². The van der Waals surface area contributed by atoms with Crippen molar-refractivity contribution in [2.24, 2.45) is 5.73 Å². The number of rotatable bonds is 5. The molecular formula is C13H18N2O2. The lowest BCUT2D eigenvalue weighted by Gasteiger charge is -2.09. The summed E-state index contributed by atoms with van der Waals surface area (Å²) >= 11 is 0. The molecule has 92 valence electrons. The topological polar surface area (TPSA) is 72.2 Å². The Morgan fingerprint density at radius 2 is 2.12 bits per heavy atom. The van der Waals surface area contributed by atoms with E-state index in [-0.39, 0.29) is 17.7 Å². The number of carbonyl (C=O) groups is 2. The molecule has 0 saturated carbocycles. The molecule has 1 aromatic rings. The molecular weight excluding hydrogens is 216 g/mol. The standard InChI is InChI=1S/C13H18N2O2/c1-3-11(14)8-13(17)15-12-6-4-5-10(7-12)9(2)16/h4-7,11H,3,8,14H2,1-2H3,(H,15,17). The van der Waals surface area contributed by atoms with Gasteiger partial charge in [-0.05, 0) is 25.5 Å². The van der Waals surface area contributed by atoms with E-state index in [2.05, 4.69) is 5.32 Å². The summed E-state index contributed by atoms with van der Waals surface area (Å²) in [6.45, 7) is 3.43. The van der Waals surface area contributed by atoms with E-state index in [0.717, 1.165) is 6.42 Å². The first-order chi connectivity index (χ1) is 8.02. The van der Waals surface area contributed by atoms with E-state index in [4.69, 9.17) is 5.73 Å². The van der Waals surface area contributed by atoms with E-state index in [1.54, 1.807) is 24.3 Å². The highest BCUT2D eigenvalue weighted by Gasteiger charge is 2.08. The Morgan fingerprint density at radius 1 is 1.41 bits per heavy atom. The molecule has 1 atom stereocenters. The Morgan fingerprint density at radius 3 is 2.71 bits per heavy atom. The smallest absolute Gasteiger partial charge is 0.225 e. The van der Waals surface area contributed by atoms with Crippen molar-refractivity contribution in [2.45, 2.75) is 32.7 Å². The van der Waals surface area contributed by atoms with Crippen molar-refractivity contribution < 1.29 is 9.59 Å². The van der Waals surface area contributed by atoms with Crippen LogP contribution in [0.2, 0.25) is 0 Å². The van der Waals surface area contributed by atoms with E-state index in [0.29, 0.717) is 17.7 Å². The Kier molecular flexibility index (Phi) is 4.84. The molecule has 0 aromatic heterocycles. The highest BCUT2D eigenvalue weighted by molar-refractivity contribution is 5.97. The number of nitrogens with two attached hydrogens (primary N) is 1. The highest BCUT2D eigenvalue weighted by Crippen LogP contribution is 2.11. The lowest BCUT2D eigenvalue weighted by atomic mass is 10.1. The van der Waals surface area contributed by atoms with Gasteiger partial charge in [-0.25, -0.2) is 0 Å². The van der Waals surface area contributed by atoms with Crippen LogP contribution in [0.4, 0.5) is 5.69 Å². The molecule has 0 spiro atoms. The fourth-order valence-corrected chi connectivity index (χ4v) is 1.41. The summed E-state index contributed by atoms with van der Waals surface area (Å²) in [6, 6.07) is 6.76. The molecule has 1 rings (SSSR count). The molecule has 1 aromatic carbocycles. The van der Waals surface area contributed by atoms with E-state index in [9.17, 15) is 9.59 Å². The molecule has 0 aliphatic rings. The number of hydrogen-bond donors (Lipinski definition) is 2. The lowest BCUT2D eigenvalue weighted by Crippen LogP contribution is -2.26. The van der Waals surface area contributed by atoms with Gasteiger partial charge < -0.3 is 11.1 Å². The normalized spacial score (nSPS) is 11.9. The van der Waals surface area contributed by atoms with Crippen molar-refractivity contribution >= 4 is 17.4 Å². The molecule has 0 radical (unpaired) electrons. The molecule has 4 nitrogen and oxygen atoms in total. The molecule has 0 aliphatic heterocycles. The minimum atomic E-state index is -0.125. The van der Waals surface area contributed by atoms with Crippen molar-refractivity contribution in [3.63, 3.8) is 0 Å². The summed E-state index contributed by atoms with van der Waals surface area (Å²) in [7, 11) is 0. The summed E-state index contributed by atoms with van der Waals surface area (Å²) in [4.78, 5) is 22.8. The maximum atomic E-state index is 11.6. The van der Waals surface area contributed by atoms with Gasteiger partial charge in [0.2, 0.25) is 5.91 Å². The van der Waals surface area contributed by atoms with E-state index < -0.39 is 0 Å². The fraction of sp³-hybridized carbons (Fsp3) is 0.385. The zero-order valence-electron chi connectivity index (χ0n) is 10.2. The van der Waals surface area contributed by atoms with Crippen LogP contribution < -0.4 is 11.1 Å². The van der Waals surface area contributed by atoms with Gasteiger partial charge in [0.1, 0.15) is 0 Å². The fourth-order valence-electron chi connectivity index (χ4n) is 1.41. The molecule has 0 heterocycles. The van der Waals surface area contributed by atoms with Gasteiger partial charge >= 0.3 is 0 Å². The first-order valence-corrected chi connectivity index (χ1v) is 5.69. The largest absolute Gasteiger partial charge is 0.327 e. The third-order valence-corrected chi connectivity index (χ3v) is 2.52. The average Bonchev–Trinajstić information content (AvgIpc) is 2.28. The van der Waals surface area contributed by atoms with Gasteiger partial charge in [0.05, 0.1) is 0 Å². The number of nitrogens with one attached hydrogen (secondary N) is 1. The minimum Gasteiger partial charge on any atom is -0.327 e. The van der Waals surface area contributed by atoms with Gasteiger partial charge in [0, 0.05) is 23.7 Å². The van der Waals surface area contributed by atoms with Crippen LogP contribution in [-0.2, 0) is 4.79 Å². The van der Waals surface area contributed by atoms with Crippen molar-refractivity contribution in [1.82, 2.24) is 0 Å². The Bertz CT molecular complexity index is 416. The highest BCUT2D eigenvalue weighted by atomic mass is 16.1. The molecule has 4 heteroatoms. The van der Waals surface area contributed by atoms with Crippen LogP contribution in [0, 0.1) is 0 Å². The van der Waals surface area contributed by atoms with Gasteiger partial charge in [0.15, 0.2) is 5.78 Å². The number of carbonyl (C=O) groups excluding carboxylic acids is 2. The Hall–Kier alpha value is -1.68. The van der Waals surface area contributed by atoms with Crippen LogP contribution in [0.5, 0.6) is 0 Å². The number of ketones is 1. The van der Waals surface area contributed by atoms with Crippen molar-refractivity contribution in [2.75, 3.05) is 5.32 Å². The van der Waals surface area contributed by atoms with Crippen molar-refractivity contribution in [3.05, 3.63) is 29.8 Å². The van der Waals surface area contributed by atoms with Crippen LogP contribution in [0.3, 0.4) is 0 Å². The van der Waals surface area contributed by atoms with Gasteiger partial charge in [-0.15, -0.1) is 0 Å². The van der Waals surface area contributed by atoms with E-state index in [1.165, 1.54) is 6.92 Å². The summed E-state index contributed by atoms with van der Waals surface area (Å²) in [5, 5.41) is 2.73. The maximum absolute atomic E-state index is 11.6. The molecule has 1 amide bonds.